The number of fused-ring (bicyclic) bond motifs is 1. The molecule has 1 unspecified atom stereocenters. The van der Waals surface area contributed by atoms with Crippen LogP contribution in [0.25, 0.3) is 11.2 Å². The number of rotatable bonds is 6. The Balaban J connectivity index is 2.24. The summed E-state index contributed by atoms with van der Waals surface area (Å²) in [5.74, 6) is 0.914. The van der Waals surface area contributed by atoms with Crippen LogP contribution in [-0.2, 0) is 6.54 Å². The van der Waals surface area contributed by atoms with E-state index >= 15 is 0 Å². The lowest BCUT2D eigenvalue weighted by Gasteiger charge is -2.21. The molecule has 0 aliphatic carbocycles. The molecule has 0 aliphatic rings. The lowest BCUT2D eigenvalue weighted by molar-refractivity contribution is 0.265. The van der Waals surface area contributed by atoms with Crippen LogP contribution in [0.1, 0.15) is 44.1 Å². The molecule has 0 spiro atoms. The van der Waals surface area contributed by atoms with Crippen molar-refractivity contribution in [2.24, 2.45) is 0 Å². The maximum atomic E-state index is 6.29. The fraction of sp³-hybridized carbons (Fsp3) is 0.625. The van der Waals surface area contributed by atoms with E-state index < -0.39 is 0 Å². The average Bonchev–Trinajstić information content (AvgIpc) is 2.77. The number of nitrogens with zero attached hydrogens (tertiary/aromatic N) is 4. The van der Waals surface area contributed by atoms with Crippen molar-refractivity contribution < 1.29 is 0 Å². The lowest BCUT2D eigenvalue weighted by atomic mass is 10.3. The zero-order chi connectivity index (χ0) is 15.6. The first kappa shape index (κ1) is 16.2. The standard InChI is InChI=1S/C16H25ClN4/c1-11(2)20(5)9-6-10-21-15(13(4)17)19-14-8-7-12(3)18-16(14)21/h7-8,11,13H,6,9-10H2,1-5H3. The van der Waals surface area contributed by atoms with E-state index in [9.17, 15) is 0 Å². The average molecular weight is 309 g/mol. The van der Waals surface area contributed by atoms with Crippen LogP contribution >= 0.6 is 11.6 Å². The van der Waals surface area contributed by atoms with E-state index in [0.717, 1.165) is 42.2 Å². The van der Waals surface area contributed by atoms with Crippen molar-refractivity contribution >= 4 is 22.8 Å². The Morgan fingerprint density at radius 3 is 2.57 bits per heavy atom. The molecular weight excluding hydrogens is 284 g/mol. The molecule has 21 heavy (non-hydrogen) atoms. The number of hydrogen-bond acceptors (Lipinski definition) is 3. The Hall–Kier alpha value is -1.13. The molecule has 0 bridgehead atoms. The number of imidazole rings is 1. The minimum atomic E-state index is -0.109. The smallest absolute Gasteiger partial charge is 0.160 e. The van der Waals surface area contributed by atoms with Gasteiger partial charge >= 0.3 is 0 Å². The lowest BCUT2D eigenvalue weighted by Crippen LogP contribution is -2.28. The topological polar surface area (TPSA) is 34.0 Å². The van der Waals surface area contributed by atoms with Crippen LogP contribution in [-0.4, -0.2) is 39.1 Å². The third kappa shape index (κ3) is 3.74. The van der Waals surface area contributed by atoms with E-state index in [-0.39, 0.29) is 5.38 Å². The van der Waals surface area contributed by atoms with Gasteiger partial charge in [0.15, 0.2) is 5.65 Å². The zero-order valence-electron chi connectivity index (χ0n) is 13.6. The predicted octanol–water partition coefficient (Wildman–Crippen LogP) is 3.77. The Bertz CT molecular complexity index is 604. The molecule has 1 atom stereocenters. The number of alkyl halides is 1. The minimum absolute atomic E-state index is 0.109. The summed E-state index contributed by atoms with van der Waals surface area (Å²) in [6.45, 7) is 10.3. The van der Waals surface area contributed by atoms with Gasteiger partial charge in [0, 0.05) is 18.3 Å². The van der Waals surface area contributed by atoms with Crippen molar-refractivity contribution in [1.82, 2.24) is 19.4 Å². The van der Waals surface area contributed by atoms with E-state index in [0.29, 0.717) is 6.04 Å². The molecule has 116 valence electrons. The third-order valence-corrected chi connectivity index (χ3v) is 4.09. The Morgan fingerprint density at radius 1 is 1.24 bits per heavy atom. The summed E-state index contributed by atoms with van der Waals surface area (Å²) in [4.78, 5) is 11.6. The van der Waals surface area contributed by atoms with Crippen LogP contribution in [0.4, 0.5) is 0 Å². The number of halogens is 1. The number of pyridine rings is 1. The van der Waals surface area contributed by atoms with E-state index in [1.54, 1.807) is 0 Å². The maximum Gasteiger partial charge on any atom is 0.160 e. The summed E-state index contributed by atoms with van der Waals surface area (Å²) < 4.78 is 2.17. The van der Waals surface area contributed by atoms with Crippen LogP contribution in [0.2, 0.25) is 0 Å². The number of hydrogen-bond donors (Lipinski definition) is 0. The van der Waals surface area contributed by atoms with E-state index in [1.165, 1.54) is 0 Å². The molecule has 0 saturated heterocycles. The minimum Gasteiger partial charge on any atom is -0.311 e. The predicted molar refractivity (Wildman–Crippen MR) is 88.9 cm³/mol. The highest BCUT2D eigenvalue weighted by Crippen LogP contribution is 2.24. The fourth-order valence-electron chi connectivity index (χ4n) is 2.37. The van der Waals surface area contributed by atoms with Crippen molar-refractivity contribution in [3.05, 3.63) is 23.7 Å². The first-order chi connectivity index (χ1) is 9.90. The monoisotopic (exact) mass is 308 g/mol. The van der Waals surface area contributed by atoms with E-state index in [2.05, 4.69) is 40.3 Å². The third-order valence-electron chi connectivity index (χ3n) is 3.89. The summed E-state index contributed by atoms with van der Waals surface area (Å²) in [5.41, 5.74) is 2.89. The van der Waals surface area contributed by atoms with Crippen molar-refractivity contribution in [3.8, 4) is 0 Å². The molecule has 0 amide bonds. The van der Waals surface area contributed by atoms with E-state index in [4.69, 9.17) is 11.6 Å². The van der Waals surface area contributed by atoms with Crippen LogP contribution in [0.15, 0.2) is 12.1 Å². The summed E-state index contributed by atoms with van der Waals surface area (Å²) in [7, 11) is 2.16. The molecule has 0 aliphatic heterocycles. The van der Waals surface area contributed by atoms with Gasteiger partial charge in [0.1, 0.15) is 11.3 Å². The number of aryl methyl sites for hydroxylation is 2. The summed E-state index contributed by atoms with van der Waals surface area (Å²) >= 11 is 6.29. The van der Waals surface area contributed by atoms with Crippen LogP contribution < -0.4 is 0 Å². The molecule has 2 rings (SSSR count). The van der Waals surface area contributed by atoms with Gasteiger partial charge in [-0.3, -0.25) is 0 Å². The van der Waals surface area contributed by atoms with Crippen molar-refractivity contribution in [3.63, 3.8) is 0 Å². The van der Waals surface area contributed by atoms with Crippen LogP contribution in [0, 0.1) is 6.92 Å². The fourth-order valence-corrected chi connectivity index (χ4v) is 2.54. The van der Waals surface area contributed by atoms with Gasteiger partial charge in [0.25, 0.3) is 0 Å². The second-order valence-electron chi connectivity index (χ2n) is 5.96. The molecule has 5 heteroatoms. The molecule has 0 fully saturated rings. The molecule has 0 radical (unpaired) electrons. The van der Waals surface area contributed by atoms with Crippen molar-refractivity contribution in [2.75, 3.05) is 13.6 Å². The molecule has 2 aromatic heterocycles. The SMILES string of the molecule is Cc1ccc2nc(C(C)Cl)n(CCCN(C)C(C)C)c2n1. The number of aromatic nitrogens is 3. The van der Waals surface area contributed by atoms with Crippen molar-refractivity contribution in [1.29, 1.82) is 0 Å². The Labute approximate surface area is 132 Å². The Morgan fingerprint density at radius 2 is 1.95 bits per heavy atom. The zero-order valence-corrected chi connectivity index (χ0v) is 14.4. The quantitative estimate of drug-likeness (QED) is 0.762. The summed E-state index contributed by atoms with van der Waals surface area (Å²) in [5, 5.41) is -0.109. The largest absolute Gasteiger partial charge is 0.311 e. The molecule has 0 aromatic carbocycles. The highest BCUT2D eigenvalue weighted by Gasteiger charge is 2.16. The summed E-state index contributed by atoms with van der Waals surface area (Å²) in [6.07, 6.45) is 1.06. The van der Waals surface area contributed by atoms with Gasteiger partial charge in [0.05, 0.1) is 5.38 Å². The molecular formula is C16H25ClN4. The molecule has 0 N–H and O–H groups in total. The Kier molecular flexibility index (Phi) is 5.22. The van der Waals surface area contributed by atoms with Gasteiger partial charge in [-0.05, 0) is 59.8 Å². The normalized spacial score (nSPS) is 13.5. The van der Waals surface area contributed by atoms with E-state index in [1.807, 2.05) is 26.0 Å². The molecule has 4 nitrogen and oxygen atoms in total. The van der Waals surface area contributed by atoms with Gasteiger partial charge in [-0.25, -0.2) is 9.97 Å². The molecule has 0 saturated carbocycles. The molecule has 2 aromatic rings. The first-order valence-corrected chi connectivity index (χ1v) is 8.02. The van der Waals surface area contributed by atoms with Crippen LogP contribution in [0.3, 0.4) is 0 Å². The van der Waals surface area contributed by atoms with Gasteiger partial charge in [0.2, 0.25) is 0 Å². The van der Waals surface area contributed by atoms with Gasteiger partial charge in [-0.15, -0.1) is 11.6 Å². The van der Waals surface area contributed by atoms with Gasteiger partial charge in [-0.1, -0.05) is 0 Å². The second-order valence-corrected chi connectivity index (χ2v) is 6.62. The van der Waals surface area contributed by atoms with Crippen molar-refractivity contribution in [2.45, 2.75) is 52.1 Å². The van der Waals surface area contributed by atoms with Gasteiger partial charge < -0.3 is 9.47 Å². The highest BCUT2D eigenvalue weighted by molar-refractivity contribution is 6.20. The van der Waals surface area contributed by atoms with Crippen LogP contribution in [0.5, 0.6) is 0 Å². The second kappa shape index (κ2) is 6.75. The first-order valence-electron chi connectivity index (χ1n) is 7.58. The van der Waals surface area contributed by atoms with Gasteiger partial charge in [-0.2, -0.15) is 0 Å². The maximum absolute atomic E-state index is 6.29. The highest BCUT2D eigenvalue weighted by atomic mass is 35.5. The summed E-state index contributed by atoms with van der Waals surface area (Å²) in [6, 6.07) is 4.59. The molecule has 2 heterocycles.